The number of nitrogens with one attached hydrogen (secondary N) is 1. The maximum absolute atomic E-state index is 14.3. The first kappa shape index (κ1) is 15.6. The van der Waals surface area contributed by atoms with E-state index in [4.69, 9.17) is 0 Å². The Bertz CT molecular complexity index is 605. The summed E-state index contributed by atoms with van der Waals surface area (Å²) in [5.74, 6) is -1.53. The summed E-state index contributed by atoms with van der Waals surface area (Å²) in [6.07, 6.45) is 0.958. The van der Waals surface area contributed by atoms with E-state index in [0.717, 1.165) is 12.0 Å². The molecule has 0 saturated heterocycles. The number of halogens is 2. The lowest BCUT2D eigenvalue weighted by Gasteiger charge is -2.20. The molecule has 0 radical (unpaired) electrons. The van der Waals surface area contributed by atoms with E-state index in [1.165, 1.54) is 5.56 Å². The molecule has 1 N–H and O–H groups in total. The molecule has 2 aromatic carbocycles. The van der Waals surface area contributed by atoms with Crippen LogP contribution in [0.4, 0.5) is 8.78 Å². The highest BCUT2D eigenvalue weighted by Gasteiger charge is 2.20. The molecule has 1 nitrogen and oxygen atoms in total. The highest BCUT2D eigenvalue weighted by atomic mass is 19.2. The van der Waals surface area contributed by atoms with Gasteiger partial charge in [0.25, 0.3) is 0 Å². The highest BCUT2D eigenvalue weighted by Crippen LogP contribution is 2.27. The average molecular weight is 289 g/mol. The molecule has 0 aliphatic rings. The fourth-order valence-corrected chi connectivity index (χ4v) is 2.44. The predicted octanol–water partition coefficient (Wildman–Crippen LogP) is 4.53. The van der Waals surface area contributed by atoms with Crippen molar-refractivity contribution in [2.75, 3.05) is 6.54 Å². The second-order valence-electron chi connectivity index (χ2n) is 5.19. The quantitative estimate of drug-likeness (QED) is 0.852. The molecule has 0 heterocycles. The lowest BCUT2D eigenvalue weighted by Crippen LogP contribution is -2.23. The van der Waals surface area contributed by atoms with Crippen LogP contribution in [0, 0.1) is 18.6 Å². The number of hydrogen-bond donors (Lipinski definition) is 1. The van der Waals surface area contributed by atoms with Crippen LogP contribution < -0.4 is 5.32 Å². The normalized spacial score (nSPS) is 12.4. The van der Waals surface area contributed by atoms with Gasteiger partial charge in [0.1, 0.15) is 0 Å². The smallest absolute Gasteiger partial charge is 0.164 e. The Labute approximate surface area is 125 Å². The van der Waals surface area contributed by atoms with Gasteiger partial charge in [-0.3, -0.25) is 0 Å². The third kappa shape index (κ3) is 3.30. The summed E-state index contributed by atoms with van der Waals surface area (Å²) >= 11 is 0. The molecule has 21 heavy (non-hydrogen) atoms. The standard InChI is InChI=1S/C18H21F2N/c1-4-13-7-9-14(10-8-13)18(21-5-2)15-11-6-12(3)16(19)17(15)20/h6-11,18,21H,4-5H2,1-3H3. The van der Waals surface area contributed by atoms with E-state index in [9.17, 15) is 8.78 Å². The third-order valence-corrected chi connectivity index (χ3v) is 3.75. The summed E-state index contributed by atoms with van der Waals surface area (Å²) in [4.78, 5) is 0. The minimum absolute atomic E-state index is 0.327. The average Bonchev–Trinajstić information content (AvgIpc) is 2.51. The first-order valence-electron chi connectivity index (χ1n) is 7.35. The van der Waals surface area contributed by atoms with Gasteiger partial charge in [0, 0.05) is 5.56 Å². The van der Waals surface area contributed by atoms with Crippen molar-refractivity contribution in [3.8, 4) is 0 Å². The molecular formula is C18H21F2N. The number of aryl methyl sites for hydroxylation is 2. The Morgan fingerprint density at radius 2 is 1.62 bits per heavy atom. The van der Waals surface area contributed by atoms with Gasteiger partial charge in [0.05, 0.1) is 6.04 Å². The van der Waals surface area contributed by atoms with Crippen molar-refractivity contribution in [3.05, 3.63) is 70.3 Å². The fraction of sp³-hybridized carbons (Fsp3) is 0.333. The van der Waals surface area contributed by atoms with Crippen LogP contribution in [0.1, 0.15) is 42.1 Å². The second kappa shape index (κ2) is 6.81. The fourth-order valence-electron chi connectivity index (χ4n) is 2.44. The summed E-state index contributed by atoms with van der Waals surface area (Å²) in [6.45, 7) is 6.29. The van der Waals surface area contributed by atoms with Crippen LogP contribution in [0.3, 0.4) is 0 Å². The van der Waals surface area contributed by atoms with Gasteiger partial charge in [-0.05, 0) is 36.6 Å². The molecule has 0 fully saturated rings. The lowest BCUT2D eigenvalue weighted by molar-refractivity contribution is 0.478. The van der Waals surface area contributed by atoms with Gasteiger partial charge < -0.3 is 5.32 Å². The molecule has 2 rings (SSSR count). The zero-order chi connectivity index (χ0) is 15.4. The zero-order valence-electron chi connectivity index (χ0n) is 12.7. The van der Waals surface area contributed by atoms with Crippen molar-refractivity contribution in [1.29, 1.82) is 0 Å². The molecular weight excluding hydrogens is 268 g/mol. The third-order valence-electron chi connectivity index (χ3n) is 3.75. The molecule has 0 aromatic heterocycles. The maximum atomic E-state index is 14.3. The van der Waals surface area contributed by atoms with Gasteiger partial charge in [0.15, 0.2) is 11.6 Å². The largest absolute Gasteiger partial charge is 0.306 e. The van der Waals surface area contributed by atoms with E-state index >= 15 is 0 Å². The zero-order valence-corrected chi connectivity index (χ0v) is 12.7. The van der Waals surface area contributed by atoms with Crippen LogP contribution in [0.15, 0.2) is 36.4 Å². The Morgan fingerprint density at radius 1 is 0.952 bits per heavy atom. The summed E-state index contributed by atoms with van der Waals surface area (Å²) in [5, 5.41) is 3.23. The van der Waals surface area contributed by atoms with Gasteiger partial charge in [-0.15, -0.1) is 0 Å². The summed E-state index contributed by atoms with van der Waals surface area (Å²) in [7, 11) is 0. The summed E-state index contributed by atoms with van der Waals surface area (Å²) in [6, 6.07) is 11.0. The Kier molecular flexibility index (Phi) is 5.07. The molecule has 112 valence electrons. The SMILES string of the molecule is CCNC(c1ccc(CC)cc1)c1ccc(C)c(F)c1F. The van der Waals surface area contributed by atoms with Crippen molar-refractivity contribution >= 4 is 0 Å². The van der Waals surface area contributed by atoms with Gasteiger partial charge in [-0.1, -0.05) is 50.2 Å². The number of benzene rings is 2. The van der Waals surface area contributed by atoms with Crippen LogP contribution in [0.5, 0.6) is 0 Å². The van der Waals surface area contributed by atoms with Crippen LogP contribution in [-0.4, -0.2) is 6.54 Å². The van der Waals surface area contributed by atoms with Crippen molar-refractivity contribution in [2.45, 2.75) is 33.2 Å². The highest BCUT2D eigenvalue weighted by molar-refractivity contribution is 5.36. The van der Waals surface area contributed by atoms with Crippen molar-refractivity contribution in [3.63, 3.8) is 0 Å². The van der Waals surface area contributed by atoms with Crippen molar-refractivity contribution in [2.24, 2.45) is 0 Å². The van der Waals surface area contributed by atoms with E-state index < -0.39 is 11.6 Å². The van der Waals surface area contributed by atoms with Crippen LogP contribution in [0.25, 0.3) is 0 Å². The van der Waals surface area contributed by atoms with Gasteiger partial charge in [-0.2, -0.15) is 0 Å². The second-order valence-corrected chi connectivity index (χ2v) is 5.19. The lowest BCUT2D eigenvalue weighted by atomic mass is 9.95. The Balaban J connectivity index is 2.45. The minimum atomic E-state index is -0.763. The van der Waals surface area contributed by atoms with Crippen molar-refractivity contribution in [1.82, 2.24) is 5.32 Å². The maximum Gasteiger partial charge on any atom is 0.164 e. The van der Waals surface area contributed by atoms with Crippen LogP contribution >= 0.6 is 0 Å². The van der Waals surface area contributed by atoms with Gasteiger partial charge in [-0.25, -0.2) is 8.78 Å². The molecule has 0 amide bonds. The molecule has 1 atom stereocenters. The van der Waals surface area contributed by atoms with E-state index in [1.807, 2.05) is 31.2 Å². The molecule has 3 heteroatoms. The van der Waals surface area contributed by atoms with Crippen LogP contribution in [0.2, 0.25) is 0 Å². The van der Waals surface area contributed by atoms with Gasteiger partial charge in [0.2, 0.25) is 0 Å². The topological polar surface area (TPSA) is 12.0 Å². The van der Waals surface area contributed by atoms with E-state index in [1.54, 1.807) is 19.1 Å². The first-order chi connectivity index (χ1) is 10.1. The predicted molar refractivity (Wildman–Crippen MR) is 82.4 cm³/mol. The molecule has 0 saturated carbocycles. The molecule has 0 aliphatic carbocycles. The Morgan fingerprint density at radius 3 is 2.19 bits per heavy atom. The number of hydrogen-bond acceptors (Lipinski definition) is 1. The molecule has 1 unspecified atom stereocenters. The molecule has 0 aliphatic heterocycles. The molecule has 0 bridgehead atoms. The van der Waals surface area contributed by atoms with Crippen LogP contribution in [-0.2, 0) is 6.42 Å². The van der Waals surface area contributed by atoms with E-state index in [2.05, 4.69) is 12.2 Å². The molecule has 0 spiro atoms. The van der Waals surface area contributed by atoms with Gasteiger partial charge >= 0.3 is 0 Å². The summed E-state index contributed by atoms with van der Waals surface area (Å²) < 4.78 is 28.1. The monoisotopic (exact) mass is 289 g/mol. The number of rotatable bonds is 5. The minimum Gasteiger partial charge on any atom is -0.306 e. The summed E-state index contributed by atoms with van der Waals surface area (Å²) in [5.41, 5.74) is 2.85. The molecule has 2 aromatic rings. The van der Waals surface area contributed by atoms with E-state index in [-0.39, 0.29) is 6.04 Å². The van der Waals surface area contributed by atoms with Crippen molar-refractivity contribution < 1.29 is 8.78 Å². The van der Waals surface area contributed by atoms with E-state index in [0.29, 0.717) is 17.7 Å². The Hall–Kier alpha value is -1.74. The first-order valence-corrected chi connectivity index (χ1v) is 7.35.